The highest BCUT2D eigenvalue weighted by molar-refractivity contribution is 5.88. The Morgan fingerprint density at radius 1 is 0.846 bits per heavy atom. The number of hydrogen-bond acceptors (Lipinski definition) is 1. The van der Waals surface area contributed by atoms with Crippen molar-refractivity contribution >= 4 is 5.78 Å². The van der Waals surface area contributed by atoms with E-state index in [0.29, 0.717) is 17.3 Å². The molecule has 0 fully saturated rings. The van der Waals surface area contributed by atoms with E-state index in [0.717, 1.165) is 12.8 Å². The topological polar surface area (TPSA) is 17.1 Å². The van der Waals surface area contributed by atoms with E-state index in [1.807, 2.05) is 0 Å². The summed E-state index contributed by atoms with van der Waals surface area (Å²) in [6.45, 7) is 25.5. The van der Waals surface area contributed by atoms with Gasteiger partial charge < -0.3 is 4.48 Å². The van der Waals surface area contributed by atoms with Crippen LogP contribution in [0.25, 0.3) is 0 Å². The van der Waals surface area contributed by atoms with E-state index in [4.69, 9.17) is 0 Å². The summed E-state index contributed by atoms with van der Waals surface area (Å²) in [6.07, 6.45) is 10.6. The lowest BCUT2D eigenvalue weighted by molar-refractivity contribution is -0.929. The first kappa shape index (κ1) is 25.4. The summed E-state index contributed by atoms with van der Waals surface area (Å²) in [7, 11) is 0. The summed E-state index contributed by atoms with van der Waals surface area (Å²) < 4.78 is 1.31. The third-order valence-electron chi connectivity index (χ3n) is 5.82. The standard InChI is InChI=1S/C24H48NO/c1-9-17-25(18-10-2,19-11-3)20-16-24(7,8)21-23(5,6)15-13-14-22(26)12-4/h12H,4,9-11,13-21H2,1-3,5-8H3/q+1. The van der Waals surface area contributed by atoms with Crippen molar-refractivity contribution in [1.29, 1.82) is 0 Å². The highest BCUT2D eigenvalue weighted by atomic mass is 16.1. The van der Waals surface area contributed by atoms with Crippen molar-refractivity contribution < 1.29 is 9.28 Å². The zero-order valence-electron chi connectivity index (χ0n) is 19.1. The van der Waals surface area contributed by atoms with Crippen LogP contribution in [0.1, 0.15) is 99.8 Å². The summed E-state index contributed by atoms with van der Waals surface area (Å²) in [4.78, 5) is 11.5. The second-order valence-corrected chi connectivity index (χ2v) is 10.0. The zero-order chi connectivity index (χ0) is 20.3. The predicted molar refractivity (Wildman–Crippen MR) is 116 cm³/mol. The number of ketones is 1. The zero-order valence-corrected chi connectivity index (χ0v) is 19.1. The Kier molecular flexibility index (Phi) is 11.7. The largest absolute Gasteiger partial charge is 0.324 e. The van der Waals surface area contributed by atoms with Crippen LogP contribution < -0.4 is 0 Å². The van der Waals surface area contributed by atoms with E-state index < -0.39 is 0 Å². The molecule has 0 aliphatic heterocycles. The van der Waals surface area contributed by atoms with E-state index in [2.05, 4.69) is 55.0 Å². The van der Waals surface area contributed by atoms with Crippen molar-refractivity contribution in [3.8, 4) is 0 Å². The van der Waals surface area contributed by atoms with Gasteiger partial charge in [0.1, 0.15) is 0 Å². The molecule has 0 unspecified atom stereocenters. The van der Waals surface area contributed by atoms with Crippen LogP contribution in [-0.2, 0) is 4.79 Å². The SMILES string of the molecule is C=CC(=O)CCCC(C)(C)CC(C)(C)CC[N+](CCC)(CCC)CCC. The van der Waals surface area contributed by atoms with Crippen LogP contribution in [0.15, 0.2) is 12.7 Å². The molecule has 26 heavy (non-hydrogen) atoms. The summed E-state index contributed by atoms with van der Waals surface area (Å²) in [5.41, 5.74) is 0.644. The van der Waals surface area contributed by atoms with Gasteiger partial charge in [0, 0.05) is 12.8 Å². The van der Waals surface area contributed by atoms with E-state index in [-0.39, 0.29) is 5.78 Å². The van der Waals surface area contributed by atoms with Gasteiger partial charge in [-0.1, -0.05) is 55.0 Å². The second-order valence-electron chi connectivity index (χ2n) is 10.0. The van der Waals surface area contributed by atoms with Crippen LogP contribution in [0.4, 0.5) is 0 Å². The number of nitrogens with zero attached hydrogens (tertiary/aromatic N) is 1. The smallest absolute Gasteiger partial charge is 0.155 e. The Morgan fingerprint density at radius 3 is 1.73 bits per heavy atom. The lowest BCUT2D eigenvalue weighted by atomic mass is 9.71. The molecule has 0 bridgehead atoms. The molecule has 0 saturated heterocycles. The minimum Gasteiger partial charge on any atom is -0.324 e. The summed E-state index contributed by atoms with van der Waals surface area (Å²) in [5, 5.41) is 0. The molecule has 0 aromatic heterocycles. The molecule has 0 radical (unpaired) electrons. The van der Waals surface area contributed by atoms with Crippen molar-refractivity contribution in [3.63, 3.8) is 0 Å². The van der Waals surface area contributed by atoms with Gasteiger partial charge in [-0.25, -0.2) is 0 Å². The average molecular weight is 367 g/mol. The molecule has 2 heteroatoms. The van der Waals surface area contributed by atoms with Crippen LogP contribution in [-0.4, -0.2) is 36.4 Å². The lowest BCUT2D eigenvalue weighted by Gasteiger charge is -2.42. The number of hydrogen-bond donors (Lipinski definition) is 0. The number of rotatable bonds is 16. The van der Waals surface area contributed by atoms with Crippen molar-refractivity contribution in [3.05, 3.63) is 12.7 Å². The molecule has 0 aromatic rings. The van der Waals surface area contributed by atoms with Crippen molar-refractivity contribution in [2.24, 2.45) is 10.8 Å². The van der Waals surface area contributed by atoms with Crippen LogP contribution in [0.3, 0.4) is 0 Å². The van der Waals surface area contributed by atoms with Crippen LogP contribution in [0.2, 0.25) is 0 Å². The van der Waals surface area contributed by atoms with E-state index in [1.54, 1.807) is 0 Å². The average Bonchev–Trinajstić information content (AvgIpc) is 2.52. The van der Waals surface area contributed by atoms with E-state index in [9.17, 15) is 4.79 Å². The Labute approximate surface area is 165 Å². The number of carbonyl (C=O) groups excluding carboxylic acids is 1. The van der Waals surface area contributed by atoms with Gasteiger partial charge in [0.05, 0.1) is 26.2 Å². The maximum Gasteiger partial charge on any atom is 0.155 e. The van der Waals surface area contributed by atoms with Gasteiger partial charge in [-0.05, 0) is 55.4 Å². The number of carbonyl (C=O) groups is 1. The lowest BCUT2D eigenvalue weighted by Crippen LogP contribution is -2.51. The van der Waals surface area contributed by atoms with Crippen LogP contribution in [0, 0.1) is 10.8 Å². The summed E-state index contributed by atoms with van der Waals surface area (Å²) >= 11 is 0. The molecule has 0 saturated carbocycles. The highest BCUT2D eigenvalue weighted by Crippen LogP contribution is 2.40. The van der Waals surface area contributed by atoms with Gasteiger partial charge in [-0.15, -0.1) is 0 Å². The summed E-state index contributed by atoms with van der Waals surface area (Å²) in [6, 6.07) is 0. The second kappa shape index (κ2) is 12.0. The minimum atomic E-state index is 0.181. The van der Waals surface area contributed by atoms with Crippen LogP contribution in [0.5, 0.6) is 0 Å². The highest BCUT2D eigenvalue weighted by Gasteiger charge is 2.32. The normalized spacial score (nSPS) is 13.0. The molecule has 2 nitrogen and oxygen atoms in total. The molecule has 0 rings (SSSR count). The molecule has 154 valence electrons. The van der Waals surface area contributed by atoms with Gasteiger partial charge in [0.2, 0.25) is 0 Å². The van der Waals surface area contributed by atoms with Gasteiger partial charge in [0.15, 0.2) is 5.78 Å². The number of allylic oxidation sites excluding steroid dienone is 1. The molecule has 0 spiro atoms. The molecule has 0 heterocycles. The molecule has 0 atom stereocenters. The number of quaternary nitrogens is 1. The quantitative estimate of drug-likeness (QED) is 0.217. The molecular formula is C24H48NO+. The Bertz CT molecular complexity index is 391. The van der Waals surface area contributed by atoms with Crippen molar-refractivity contribution in [2.75, 3.05) is 26.2 Å². The molecular weight excluding hydrogens is 318 g/mol. The fourth-order valence-electron chi connectivity index (χ4n) is 4.95. The molecule has 0 aromatic carbocycles. The molecule has 0 N–H and O–H groups in total. The monoisotopic (exact) mass is 366 g/mol. The maximum atomic E-state index is 11.5. The molecule has 0 aliphatic rings. The fraction of sp³-hybridized carbons (Fsp3) is 0.875. The first-order chi connectivity index (χ1) is 12.1. The Balaban J connectivity index is 4.76. The Hall–Kier alpha value is -0.630. The first-order valence-electron chi connectivity index (χ1n) is 11.1. The fourth-order valence-corrected chi connectivity index (χ4v) is 4.95. The predicted octanol–water partition coefficient (Wildman–Crippen LogP) is 6.79. The van der Waals surface area contributed by atoms with Gasteiger partial charge in [-0.3, -0.25) is 4.79 Å². The summed E-state index contributed by atoms with van der Waals surface area (Å²) in [5.74, 6) is 0.181. The third-order valence-corrected chi connectivity index (χ3v) is 5.82. The first-order valence-corrected chi connectivity index (χ1v) is 11.1. The maximum absolute atomic E-state index is 11.5. The van der Waals surface area contributed by atoms with Crippen LogP contribution >= 0.6 is 0 Å². The third kappa shape index (κ3) is 10.5. The van der Waals surface area contributed by atoms with Gasteiger partial charge in [0.25, 0.3) is 0 Å². The van der Waals surface area contributed by atoms with Gasteiger partial charge in [-0.2, -0.15) is 0 Å². The molecule has 0 amide bonds. The van der Waals surface area contributed by atoms with Crippen molar-refractivity contribution in [2.45, 2.75) is 99.8 Å². The minimum absolute atomic E-state index is 0.181. The van der Waals surface area contributed by atoms with Gasteiger partial charge >= 0.3 is 0 Å². The molecule has 0 aliphatic carbocycles. The van der Waals surface area contributed by atoms with E-state index in [1.165, 1.54) is 68.8 Å². The van der Waals surface area contributed by atoms with E-state index >= 15 is 0 Å². The van der Waals surface area contributed by atoms with Crippen molar-refractivity contribution in [1.82, 2.24) is 0 Å². The Morgan fingerprint density at radius 2 is 1.31 bits per heavy atom.